The van der Waals surface area contributed by atoms with E-state index in [0.717, 1.165) is 51.3 Å². The highest BCUT2D eigenvalue weighted by molar-refractivity contribution is 5.92. The summed E-state index contributed by atoms with van der Waals surface area (Å²) >= 11 is 0. The molecule has 1 atom stereocenters. The number of carbonyl (C=O) groups excluding carboxylic acids is 1. The van der Waals surface area contributed by atoms with Gasteiger partial charge in [-0.1, -0.05) is 0 Å². The minimum Gasteiger partial charge on any atom is -0.455 e. The zero-order valence-electron chi connectivity index (χ0n) is 16.8. The molecular formula is C22H25FN4O3. The first kappa shape index (κ1) is 19.3. The number of amides is 1. The van der Waals surface area contributed by atoms with E-state index in [0.29, 0.717) is 35.7 Å². The monoisotopic (exact) mass is 412 g/mol. The third-order valence-corrected chi connectivity index (χ3v) is 5.90. The number of benzene rings is 1. The first-order valence-corrected chi connectivity index (χ1v) is 10.5. The Kier molecular flexibility index (Phi) is 5.26. The number of fused-ring (bicyclic) bond motifs is 1. The molecule has 2 aromatic heterocycles. The number of piperidine rings is 1. The molecule has 1 N–H and O–H groups in total. The Hall–Kier alpha value is -2.71. The van der Waals surface area contributed by atoms with Gasteiger partial charge in [-0.3, -0.25) is 9.69 Å². The predicted molar refractivity (Wildman–Crippen MR) is 108 cm³/mol. The van der Waals surface area contributed by atoms with Crippen LogP contribution in [0.4, 0.5) is 4.39 Å². The molecular weight excluding hydrogens is 387 g/mol. The number of rotatable bonds is 4. The molecule has 0 aliphatic carbocycles. The third kappa shape index (κ3) is 3.85. The van der Waals surface area contributed by atoms with E-state index in [1.54, 1.807) is 12.1 Å². The molecule has 5 rings (SSSR count). The molecule has 1 aromatic carbocycles. The van der Waals surface area contributed by atoms with Crippen LogP contribution in [0.2, 0.25) is 0 Å². The molecule has 3 aromatic rings. The average Bonchev–Trinajstić information content (AvgIpc) is 3.40. The summed E-state index contributed by atoms with van der Waals surface area (Å²) in [6.07, 6.45) is 2.77. The summed E-state index contributed by atoms with van der Waals surface area (Å²) in [5.41, 5.74) is 1.35. The Morgan fingerprint density at radius 2 is 2.03 bits per heavy atom. The van der Waals surface area contributed by atoms with Gasteiger partial charge in [-0.15, -0.1) is 0 Å². The van der Waals surface area contributed by atoms with E-state index >= 15 is 0 Å². The van der Waals surface area contributed by atoms with Crippen LogP contribution in [0.5, 0.6) is 0 Å². The lowest BCUT2D eigenvalue weighted by molar-refractivity contribution is 0.0307. The molecule has 2 aliphatic rings. The summed E-state index contributed by atoms with van der Waals surface area (Å²) in [7, 11) is 0. The van der Waals surface area contributed by atoms with Crippen LogP contribution in [0.15, 0.2) is 34.7 Å². The fourth-order valence-corrected chi connectivity index (χ4v) is 4.32. The first-order valence-electron chi connectivity index (χ1n) is 10.5. The number of imidazole rings is 1. The fourth-order valence-electron chi connectivity index (χ4n) is 4.32. The second kappa shape index (κ2) is 8.20. The highest BCUT2D eigenvalue weighted by atomic mass is 19.1. The molecule has 0 saturated carbocycles. The lowest BCUT2D eigenvalue weighted by atomic mass is 10.0. The molecule has 1 amide bonds. The number of H-pyrrole nitrogens is 1. The van der Waals surface area contributed by atoms with E-state index in [4.69, 9.17) is 9.15 Å². The lowest BCUT2D eigenvalue weighted by Gasteiger charge is -2.34. The largest absolute Gasteiger partial charge is 0.455 e. The highest BCUT2D eigenvalue weighted by Crippen LogP contribution is 2.32. The number of ether oxygens (including phenoxy) is 1. The summed E-state index contributed by atoms with van der Waals surface area (Å²) in [6, 6.07) is 7.96. The van der Waals surface area contributed by atoms with Gasteiger partial charge in [0.25, 0.3) is 5.91 Å². The van der Waals surface area contributed by atoms with Crippen LogP contribution in [0.3, 0.4) is 0 Å². The van der Waals surface area contributed by atoms with Gasteiger partial charge in [0.05, 0.1) is 36.8 Å². The molecule has 8 heteroatoms. The topological polar surface area (TPSA) is 74.6 Å². The number of hydrogen-bond donors (Lipinski definition) is 1. The molecule has 0 bridgehead atoms. The summed E-state index contributed by atoms with van der Waals surface area (Å²) < 4.78 is 24.8. The Labute approximate surface area is 173 Å². The maximum atomic E-state index is 13.5. The number of morpholine rings is 1. The standard InChI is InChI=1S/C22H25FN4O3/c23-15-4-6-17-18(13-15)25-21(24-17)19-3-1-2-8-27(19)22(28)20-7-5-16(30-20)14-26-9-11-29-12-10-26/h4-7,13,19H,1-3,8-12,14H2,(H,24,25). The minimum atomic E-state index is -0.308. The average molecular weight is 412 g/mol. The van der Waals surface area contributed by atoms with Gasteiger partial charge in [0, 0.05) is 19.6 Å². The van der Waals surface area contributed by atoms with Gasteiger partial charge in [0.2, 0.25) is 0 Å². The van der Waals surface area contributed by atoms with Crippen LogP contribution >= 0.6 is 0 Å². The van der Waals surface area contributed by atoms with Crippen molar-refractivity contribution in [2.24, 2.45) is 0 Å². The molecule has 158 valence electrons. The summed E-state index contributed by atoms with van der Waals surface area (Å²) in [5, 5.41) is 0. The quantitative estimate of drug-likeness (QED) is 0.710. The van der Waals surface area contributed by atoms with E-state index in [1.807, 2.05) is 11.0 Å². The number of nitrogens with one attached hydrogen (secondary N) is 1. The highest BCUT2D eigenvalue weighted by Gasteiger charge is 2.32. The number of aromatic amines is 1. The molecule has 2 aliphatic heterocycles. The second-order valence-corrected chi connectivity index (χ2v) is 7.95. The van der Waals surface area contributed by atoms with Crippen molar-refractivity contribution in [1.82, 2.24) is 19.8 Å². The first-order chi connectivity index (χ1) is 14.7. The number of likely N-dealkylation sites (tertiary alicyclic amines) is 1. The van der Waals surface area contributed by atoms with E-state index in [1.165, 1.54) is 12.1 Å². The number of carbonyl (C=O) groups is 1. The van der Waals surface area contributed by atoms with Crippen molar-refractivity contribution in [2.75, 3.05) is 32.8 Å². The van der Waals surface area contributed by atoms with Crippen molar-refractivity contribution >= 4 is 16.9 Å². The maximum Gasteiger partial charge on any atom is 0.290 e. The molecule has 4 heterocycles. The van der Waals surface area contributed by atoms with Gasteiger partial charge >= 0.3 is 0 Å². The number of furan rings is 1. The molecule has 1 unspecified atom stereocenters. The maximum absolute atomic E-state index is 13.5. The number of halogens is 1. The van der Waals surface area contributed by atoms with Gasteiger partial charge in [-0.2, -0.15) is 0 Å². The Morgan fingerprint density at radius 3 is 2.90 bits per heavy atom. The van der Waals surface area contributed by atoms with E-state index < -0.39 is 0 Å². The zero-order valence-corrected chi connectivity index (χ0v) is 16.8. The van der Waals surface area contributed by atoms with Gasteiger partial charge in [0.15, 0.2) is 5.76 Å². The van der Waals surface area contributed by atoms with E-state index in [-0.39, 0.29) is 17.8 Å². The van der Waals surface area contributed by atoms with Crippen molar-refractivity contribution in [2.45, 2.75) is 31.8 Å². The normalized spacial score (nSPS) is 20.7. The smallest absolute Gasteiger partial charge is 0.290 e. The van der Waals surface area contributed by atoms with Gasteiger partial charge < -0.3 is 19.0 Å². The van der Waals surface area contributed by atoms with Gasteiger partial charge in [-0.05, 0) is 49.6 Å². The summed E-state index contributed by atoms with van der Waals surface area (Å²) in [5.74, 6) is 1.40. The molecule has 0 spiro atoms. The van der Waals surface area contributed by atoms with Gasteiger partial charge in [-0.25, -0.2) is 9.37 Å². The van der Waals surface area contributed by atoms with Crippen molar-refractivity contribution in [1.29, 1.82) is 0 Å². The Morgan fingerprint density at radius 1 is 1.17 bits per heavy atom. The second-order valence-electron chi connectivity index (χ2n) is 7.95. The number of hydrogen-bond acceptors (Lipinski definition) is 5. The van der Waals surface area contributed by atoms with Crippen LogP contribution in [0.1, 0.15) is 47.4 Å². The third-order valence-electron chi connectivity index (χ3n) is 5.90. The predicted octanol–water partition coefficient (Wildman–Crippen LogP) is 3.49. The molecule has 0 radical (unpaired) electrons. The molecule has 30 heavy (non-hydrogen) atoms. The molecule has 7 nitrogen and oxygen atoms in total. The van der Waals surface area contributed by atoms with Crippen LogP contribution in [-0.2, 0) is 11.3 Å². The number of nitrogens with zero attached hydrogens (tertiary/aromatic N) is 3. The molecule has 2 fully saturated rings. The van der Waals surface area contributed by atoms with Crippen molar-refractivity contribution < 1.29 is 18.3 Å². The van der Waals surface area contributed by atoms with Crippen LogP contribution in [0.25, 0.3) is 11.0 Å². The number of aromatic nitrogens is 2. The van der Waals surface area contributed by atoms with Crippen LogP contribution < -0.4 is 0 Å². The van der Waals surface area contributed by atoms with Crippen molar-refractivity contribution in [3.63, 3.8) is 0 Å². The zero-order chi connectivity index (χ0) is 20.5. The SMILES string of the molecule is O=C(c1ccc(CN2CCOCC2)o1)N1CCCCC1c1nc2ccc(F)cc2[nH]1. The Balaban J connectivity index is 1.35. The van der Waals surface area contributed by atoms with Gasteiger partial charge in [0.1, 0.15) is 17.4 Å². The van der Waals surface area contributed by atoms with Crippen molar-refractivity contribution in [3.8, 4) is 0 Å². The van der Waals surface area contributed by atoms with Crippen LogP contribution in [-0.4, -0.2) is 58.5 Å². The van der Waals surface area contributed by atoms with E-state index in [2.05, 4.69) is 14.9 Å². The minimum absolute atomic E-state index is 0.125. The summed E-state index contributed by atoms with van der Waals surface area (Å²) in [6.45, 7) is 4.51. The van der Waals surface area contributed by atoms with Crippen LogP contribution in [0, 0.1) is 5.82 Å². The molecule has 2 saturated heterocycles. The summed E-state index contributed by atoms with van der Waals surface area (Å²) in [4.78, 5) is 25.2. The fraction of sp³-hybridized carbons (Fsp3) is 0.455. The lowest BCUT2D eigenvalue weighted by Crippen LogP contribution is -2.38. The van der Waals surface area contributed by atoms with E-state index in [9.17, 15) is 9.18 Å². The van der Waals surface area contributed by atoms with Crippen molar-refractivity contribution in [3.05, 3.63) is 53.5 Å². The Bertz CT molecular complexity index is 1040.